The minimum Gasteiger partial charge on any atom is -0.478 e. The highest BCUT2D eigenvalue weighted by molar-refractivity contribution is 7.11. The number of nitrogens with one attached hydrogen (secondary N) is 1. The molecule has 0 bridgehead atoms. The largest absolute Gasteiger partial charge is 0.478 e. The number of anilines is 1. The molecule has 2 N–H and O–H groups in total. The number of carbonyl (C=O) groups excluding carboxylic acids is 1. The van der Waals surface area contributed by atoms with Crippen LogP contribution in [0.1, 0.15) is 32.2 Å². The number of hydrogen-bond acceptors (Lipinski definition) is 5. The molecule has 0 atom stereocenters. The molecule has 0 aliphatic rings. The van der Waals surface area contributed by atoms with Crippen LogP contribution in [0.25, 0.3) is 0 Å². The Morgan fingerprint density at radius 2 is 2.17 bits per heavy atom. The molecule has 7 heteroatoms. The predicted octanol–water partition coefficient (Wildman–Crippen LogP) is 2.30. The van der Waals surface area contributed by atoms with Gasteiger partial charge < -0.3 is 14.8 Å². The summed E-state index contributed by atoms with van der Waals surface area (Å²) in [4.78, 5) is 22.8. The van der Waals surface area contributed by atoms with E-state index < -0.39 is 11.9 Å². The van der Waals surface area contributed by atoms with E-state index in [9.17, 15) is 9.59 Å². The Balaban J connectivity index is 2.25. The van der Waals surface area contributed by atoms with Crippen LogP contribution in [0.3, 0.4) is 0 Å². The highest BCUT2D eigenvalue weighted by Gasteiger charge is 2.20. The Morgan fingerprint density at radius 3 is 2.72 bits per heavy atom. The van der Waals surface area contributed by atoms with Gasteiger partial charge in [-0.3, -0.25) is 4.79 Å². The van der Waals surface area contributed by atoms with Crippen LogP contribution in [0.5, 0.6) is 0 Å². The van der Waals surface area contributed by atoms with Crippen LogP contribution in [0.2, 0.25) is 0 Å². The molecule has 0 aliphatic heterocycles. The summed E-state index contributed by atoms with van der Waals surface area (Å²) in [5.41, 5.74) is 0.745. The van der Waals surface area contributed by atoms with Crippen molar-refractivity contribution >= 4 is 28.4 Å². The number of rotatable bonds is 3. The summed E-state index contributed by atoms with van der Waals surface area (Å²) in [5, 5.41) is 11.8. The Labute approximate surface area is 106 Å². The molecule has 18 heavy (non-hydrogen) atoms. The number of carboxylic acid groups (broad SMARTS) is 1. The van der Waals surface area contributed by atoms with Gasteiger partial charge in [-0.2, -0.15) is 4.37 Å². The highest BCUT2D eigenvalue weighted by Crippen LogP contribution is 2.25. The van der Waals surface area contributed by atoms with Crippen molar-refractivity contribution in [1.29, 1.82) is 0 Å². The summed E-state index contributed by atoms with van der Waals surface area (Å²) in [6, 6.07) is 1.57. The SMILES string of the molecule is Cc1cc(C(=O)Nc2snc(C)c2C(=O)O)co1. The van der Waals surface area contributed by atoms with Crippen LogP contribution in [-0.4, -0.2) is 21.4 Å². The zero-order chi connectivity index (χ0) is 13.3. The fraction of sp³-hybridized carbons (Fsp3) is 0.182. The van der Waals surface area contributed by atoms with Crippen molar-refractivity contribution in [1.82, 2.24) is 4.37 Å². The first-order valence-corrected chi connectivity index (χ1v) is 5.82. The van der Waals surface area contributed by atoms with Gasteiger partial charge in [0.25, 0.3) is 5.91 Å². The zero-order valence-corrected chi connectivity index (χ0v) is 10.5. The highest BCUT2D eigenvalue weighted by atomic mass is 32.1. The molecule has 0 radical (unpaired) electrons. The standard InChI is InChI=1S/C11H10N2O4S/c1-5-3-7(4-17-5)9(14)12-10-8(11(15)16)6(2)13-18-10/h3-4H,1-2H3,(H,12,14)(H,15,16). The van der Waals surface area contributed by atoms with Crippen molar-refractivity contribution < 1.29 is 19.1 Å². The van der Waals surface area contributed by atoms with E-state index in [1.165, 1.54) is 6.26 Å². The Kier molecular flexibility index (Phi) is 3.15. The molecular weight excluding hydrogens is 256 g/mol. The van der Waals surface area contributed by atoms with E-state index in [1.54, 1.807) is 19.9 Å². The zero-order valence-electron chi connectivity index (χ0n) is 9.68. The quantitative estimate of drug-likeness (QED) is 0.889. The molecule has 1 amide bonds. The number of carboxylic acids is 1. The number of furan rings is 1. The molecule has 2 rings (SSSR count). The van der Waals surface area contributed by atoms with Gasteiger partial charge in [0, 0.05) is 0 Å². The van der Waals surface area contributed by atoms with Gasteiger partial charge in [0.2, 0.25) is 0 Å². The second-order valence-electron chi connectivity index (χ2n) is 3.68. The smallest absolute Gasteiger partial charge is 0.340 e. The fourth-order valence-electron chi connectivity index (χ4n) is 1.44. The first kappa shape index (κ1) is 12.3. The number of amides is 1. The molecule has 0 saturated heterocycles. The van der Waals surface area contributed by atoms with E-state index in [0.717, 1.165) is 11.5 Å². The first-order valence-electron chi connectivity index (χ1n) is 5.05. The Hall–Kier alpha value is -2.15. The average molecular weight is 266 g/mol. The van der Waals surface area contributed by atoms with Gasteiger partial charge in [0.15, 0.2) is 0 Å². The van der Waals surface area contributed by atoms with Crippen molar-refractivity contribution in [3.8, 4) is 0 Å². The lowest BCUT2D eigenvalue weighted by molar-refractivity contribution is 0.0697. The van der Waals surface area contributed by atoms with E-state index in [0.29, 0.717) is 17.0 Å². The average Bonchev–Trinajstić information content (AvgIpc) is 2.85. The van der Waals surface area contributed by atoms with E-state index in [4.69, 9.17) is 9.52 Å². The third-order valence-electron chi connectivity index (χ3n) is 2.30. The maximum Gasteiger partial charge on any atom is 0.340 e. The molecular formula is C11H10N2O4S. The molecule has 2 aromatic heterocycles. The van der Waals surface area contributed by atoms with Crippen LogP contribution in [0, 0.1) is 13.8 Å². The molecule has 2 aromatic rings. The van der Waals surface area contributed by atoms with E-state index in [2.05, 4.69) is 9.69 Å². The minimum atomic E-state index is -1.11. The number of nitrogens with zero attached hydrogens (tertiary/aromatic N) is 1. The lowest BCUT2D eigenvalue weighted by atomic mass is 10.2. The van der Waals surface area contributed by atoms with Gasteiger partial charge >= 0.3 is 5.97 Å². The Morgan fingerprint density at radius 1 is 1.44 bits per heavy atom. The van der Waals surface area contributed by atoms with Gasteiger partial charge in [-0.15, -0.1) is 0 Å². The summed E-state index contributed by atoms with van der Waals surface area (Å²) in [5.74, 6) is -0.919. The third-order valence-corrected chi connectivity index (χ3v) is 3.15. The Bertz CT molecular complexity index is 614. The van der Waals surface area contributed by atoms with Crippen LogP contribution < -0.4 is 5.32 Å². The van der Waals surface area contributed by atoms with E-state index >= 15 is 0 Å². The lowest BCUT2D eigenvalue weighted by Gasteiger charge is -2.01. The fourth-order valence-corrected chi connectivity index (χ4v) is 2.23. The topological polar surface area (TPSA) is 92.4 Å². The van der Waals surface area contributed by atoms with Crippen LogP contribution >= 0.6 is 11.5 Å². The van der Waals surface area contributed by atoms with Gasteiger partial charge in [0.1, 0.15) is 22.6 Å². The van der Waals surface area contributed by atoms with Crippen molar-refractivity contribution in [2.75, 3.05) is 5.32 Å². The van der Waals surface area contributed by atoms with E-state index in [1.807, 2.05) is 0 Å². The molecule has 94 valence electrons. The molecule has 0 aliphatic carbocycles. The van der Waals surface area contributed by atoms with Gasteiger partial charge in [0.05, 0.1) is 11.3 Å². The summed E-state index contributed by atoms with van der Waals surface area (Å²) in [6.07, 6.45) is 1.32. The third kappa shape index (κ3) is 2.25. The molecule has 2 heterocycles. The predicted molar refractivity (Wildman–Crippen MR) is 65.2 cm³/mol. The van der Waals surface area contributed by atoms with Crippen LogP contribution in [-0.2, 0) is 0 Å². The molecule has 0 unspecified atom stereocenters. The lowest BCUT2D eigenvalue weighted by Crippen LogP contribution is -2.12. The number of aromatic nitrogens is 1. The molecule has 0 fully saturated rings. The van der Waals surface area contributed by atoms with Gasteiger partial charge in [-0.05, 0) is 31.4 Å². The molecule has 0 saturated carbocycles. The van der Waals surface area contributed by atoms with Gasteiger partial charge in [-0.1, -0.05) is 0 Å². The van der Waals surface area contributed by atoms with Crippen molar-refractivity contribution in [3.05, 3.63) is 34.9 Å². The molecule has 0 spiro atoms. The summed E-state index contributed by atoms with van der Waals surface area (Å²) < 4.78 is 8.93. The van der Waals surface area contributed by atoms with Gasteiger partial charge in [-0.25, -0.2) is 4.79 Å². The van der Waals surface area contributed by atoms with Crippen molar-refractivity contribution in [2.45, 2.75) is 13.8 Å². The maximum absolute atomic E-state index is 11.8. The summed E-state index contributed by atoms with van der Waals surface area (Å²) >= 11 is 0.941. The number of aromatic carboxylic acids is 1. The number of hydrogen-bond donors (Lipinski definition) is 2. The normalized spacial score (nSPS) is 10.3. The van der Waals surface area contributed by atoms with Crippen molar-refractivity contribution in [2.24, 2.45) is 0 Å². The summed E-state index contributed by atoms with van der Waals surface area (Å²) in [6.45, 7) is 3.30. The first-order chi connectivity index (χ1) is 8.49. The van der Waals surface area contributed by atoms with Crippen molar-refractivity contribution in [3.63, 3.8) is 0 Å². The molecule has 6 nitrogen and oxygen atoms in total. The maximum atomic E-state index is 11.8. The van der Waals surface area contributed by atoms with Crippen LogP contribution in [0.4, 0.5) is 5.00 Å². The molecule has 0 aromatic carbocycles. The second kappa shape index (κ2) is 4.61. The number of aryl methyl sites for hydroxylation is 2. The second-order valence-corrected chi connectivity index (χ2v) is 4.45. The minimum absolute atomic E-state index is 0.0218. The number of carbonyl (C=O) groups is 2. The monoisotopic (exact) mass is 266 g/mol. The summed E-state index contributed by atoms with van der Waals surface area (Å²) in [7, 11) is 0. The van der Waals surface area contributed by atoms with E-state index in [-0.39, 0.29) is 10.6 Å². The van der Waals surface area contributed by atoms with Crippen LogP contribution in [0.15, 0.2) is 16.7 Å².